The van der Waals surface area contributed by atoms with E-state index in [1.54, 1.807) is 6.07 Å². The molecule has 8 heteroatoms. The van der Waals surface area contributed by atoms with Crippen LogP contribution < -0.4 is 0 Å². The molecule has 0 radical (unpaired) electrons. The smallest absolute Gasteiger partial charge is 0.236 e. The average Bonchev–Trinajstić information content (AvgIpc) is 2.78. The van der Waals surface area contributed by atoms with E-state index in [0.29, 0.717) is 5.56 Å². The molecule has 1 heterocycles. The fraction of sp³-hybridized carbons (Fsp3) is 0.308. The highest BCUT2D eigenvalue weighted by atomic mass is 19.4. The summed E-state index contributed by atoms with van der Waals surface area (Å²) in [5, 5.41) is 0. The first kappa shape index (κ1) is 25.3. The van der Waals surface area contributed by atoms with Gasteiger partial charge in [-0.2, -0.15) is 13.2 Å². The van der Waals surface area contributed by atoms with Crippen molar-refractivity contribution in [2.24, 2.45) is 0 Å². The maximum Gasteiger partial charge on any atom is 0.458 e. The largest absolute Gasteiger partial charge is 0.458 e. The van der Waals surface area contributed by atoms with Crippen LogP contribution in [0.25, 0.3) is 22.5 Å². The molecule has 3 rings (SSSR count). The number of aromatic nitrogens is 2. The lowest BCUT2D eigenvalue weighted by atomic mass is 10.0. The molecule has 178 valence electrons. The van der Waals surface area contributed by atoms with Crippen molar-refractivity contribution < 1.29 is 26.3 Å². The summed E-state index contributed by atoms with van der Waals surface area (Å²) in [7, 11) is 0. The van der Waals surface area contributed by atoms with Gasteiger partial charge in [0.15, 0.2) is 5.82 Å². The Hall–Kier alpha value is -3.34. The highest BCUT2D eigenvalue weighted by Crippen LogP contribution is 2.26. The topological polar surface area (TPSA) is 25.8 Å². The number of benzene rings is 2. The Morgan fingerprint density at radius 2 is 1.44 bits per heavy atom. The van der Waals surface area contributed by atoms with Crippen LogP contribution in [0, 0.1) is 29.3 Å². The maximum atomic E-state index is 14.6. The van der Waals surface area contributed by atoms with E-state index in [1.807, 2.05) is 6.07 Å². The second-order valence-electron chi connectivity index (χ2n) is 7.84. The van der Waals surface area contributed by atoms with Crippen LogP contribution in [0.2, 0.25) is 0 Å². The lowest BCUT2D eigenvalue weighted by molar-refractivity contribution is -0.0696. The number of nitrogens with zero attached hydrogens (tertiary/aromatic N) is 2. The van der Waals surface area contributed by atoms with Gasteiger partial charge in [-0.15, -0.1) is 0 Å². The second kappa shape index (κ2) is 11.2. The maximum absolute atomic E-state index is 14.6. The molecule has 0 amide bonds. The van der Waals surface area contributed by atoms with Gasteiger partial charge in [-0.3, -0.25) is 0 Å². The predicted molar refractivity (Wildman–Crippen MR) is 118 cm³/mol. The zero-order valence-electron chi connectivity index (χ0n) is 18.4. The molecule has 0 aliphatic heterocycles. The Morgan fingerprint density at radius 3 is 2.03 bits per heavy atom. The first-order valence-corrected chi connectivity index (χ1v) is 10.9. The summed E-state index contributed by atoms with van der Waals surface area (Å²) in [6.07, 6.45) is 4.16. The molecule has 1 aromatic heterocycles. The van der Waals surface area contributed by atoms with E-state index in [1.165, 1.54) is 30.8 Å². The number of halogens is 6. The van der Waals surface area contributed by atoms with Crippen molar-refractivity contribution in [1.29, 1.82) is 0 Å². The van der Waals surface area contributed by atoms with Gasteiger partial charge >= 0.3 is 6.18 Å². The van der Waals surface area contributed by atoms with Crippen LogP contribution in [0.15, 0.2) is 42.7 Å². The molecule has 0 saturated heterocycles. The third kappa shape index (κ3) is 6.83. The summed E-state index contributed by atoms with van der Waals surface area (Å²) >= 11 is 0. The molecule has 0 spiro atoms. The van der Waals surface area contributed by atoms with E-state index in [4.69, 9.17) is 0 Å². The van der Waals surface area contributed by atoms with Crippen molar-refractivity contribution in [3.8, 4) is 34.4 Å². The normalized spacial score (nSPS) is 11.3. The minimum Gasteiger partial charge on any atom is -0.236 e. The Labute approximate surface area is 194 Å². The molecule has 0 saturated carbocycles. The van der Waals surface area contributed by atoms with Crippen molar-refractivity contribution in [2.45, 2.75) is 51.6 Å². The van der Waals surface area contributed by atoms with Gasteiger partial charge in [-0.1, -0.05) is 50.7 Å². The first-order valence-electron chi connectivity index (χ1n) is 10.9. The molecule has 0 N–H and O–H groups in total. The molecule has 0 unspecified atom stereocenters. The molecule has 0 aliphatic carbocycles. The Bertz CT molecular complexity index is 1170. The van der Waals surface area contributed by atoms with Crippen LogP contribution in [0.4, 0.5) is 26.3 Å². The van der Waals surface area contributed by atoms with Crippen molar-refractivity contribution in [3.63, 3.8) is 0 Å². The third-order valence-corrected chi connectivity index (χ3v) is 5.19. The Kier molecular flexibility index (Phi) is 8.32. The molecule has 2 aromatic carbocycles. The highest BCUT2D eigenvalue weighted by Gasteiger charge is 2.23. The van der Waals surface area contributed by atoms with Crippen LogP contribution in [-0.2, 0) is 6.42 Å². The van der Waals surface area contributed by atoms with Crippen LogP contribution in [0.5, 0.6) is 0 Å². The van der Waals surface area contributed by atoms with Crippen molar-refractivity contribution in [3.05, 3.63) is 71.3 Å². The van der Waals surface area contributed by atoms with Crippen LogP contribution in [0.1, 0.15) is 50.2 Å². The molecule has 34 heavy (non-hydrogen) atoms. The monoisotopic (exact) mass is 476 g/mol. The van der Waals surface area contributed by atoms with E-state index >= 15 is 0 Å². The van der Waals surface area contributed by atoms with Crippen molar-refractivity contribution >= 4 is 0 Å². The molecule has 0 fully saturated rings. The number of hydrogen-bond donors (Lipinski definition) is 0. The standard InChI is InChI=1S/C26H22F6N2/c1-2-3-4-5-6-7-17-8-9-20(22(27)12-17)19-15-33-25(34-16-19)18-13-23(28)21(24(29)14-18)10-11-26(30,31)32/h8-9,12-16H,2-7H2,1H3. The summed E-state index contributed by atoms with van der Waals surface area (Å²) in [5.74, 6) is -0.737. The number of alkyl halides is 3. The predicted octanol–water partition coefficient (Wildman–Crippen LogP) is 7.65. The Morgan fingerprint density at radius 1 is 0.794 bits per heavy atom. The lowest BCUT2D eigenvalue weighted by Crippen LogP contribution is -2.02. The van der Waals surface area contributed by atoms with E-state index < -0.39 is 29.2 Å². The number of rotatable bonds is 8. The van der Waals surface area contributed by atoms with Crippen LogP contribution in [0.3, 0.4) is 0 Å². The lowest BCUT2D eigenvalue weighted by Gasteiger charge is -2.08. The van der Waals surface area contributed by atoms with E-state index in [-0.39, 0.29) is 17.0 Å². The minimum absolute atomic E-state index is 0.0685. The van der Waals surface area contributed by atoms with Gasteiger partial charge in [0, 0.05) is 35.0 Å². The fourth-order valence-corrected chi connectivity index (χ4v) is 3.45. The van der Waals surface area contributed by atoms with Crippen LogP contribution >= 0.6 is 0 Å². The van der Waals surface area contributed by atoms with Gasteiger partial charge in [0.1, 0.15) is 17.5 Å². The Balaban J connectivity index is 1.76. The molecule has 3 aromatic rings. The summed E-state index contributed by atoms with van der Waals surface area (Å²) in [6, 6.07) is 6.57. The van der Waals surface area contributed by atoms with Gasteiger partial charge in [0.25, 0.3) is 0 Å². The van der Waals surface area contributed by atoms with Gasteiger partial charge in [0.05, 0.1) is 5.56 Å². The van der Waals surface area contributed by atoms with E-state index in [2.05, 4.69) is 16.9 Å². The average molecular weight is 476 g/mol. The summed E-state index contributed by atoms with van der Waals surface area (Å²) < 4.78 is 79.6. The summed E-state index contributed by atoms with van der Waals surface area (Å²) in [4.78, 5) is 8.07. The van der Waals surface area contributed by atoms with Crippen molar-refractivity contribution in [1.82, 2.24) is 9.97 Å². The molecule has 0 aliphatic rings. The third-order valence-electron chi connectivity index (χ3n) is 5.19. The quantitative estimate of drug-likeness (QED) is 0.190. The van der Waals surface area contributed by atoms with E-state index in [9.17, 15) is 26.3 Å². The van der Waals surface area contributed by atoms with Gasteiger partial charge in [-0.25, -0.2) is 23.1 Å². The van der Waals surface area contributed by atoms with Crippen LogP contribution in [-0.4, -0.2) is 16.1 Å². The van der Waals surface area contributed by atoms with E-state index in [0.717, 1.165) is 55.7 Å². The SMILES string of the molecule is CCCCCCCc1ccc(-c2cnc(-c3cc(F)c(C#CC(F)(F)F)c(F)c3)nc2)c(F)c1. The highest BCUT2D eigenvalue weighted by molar-refractivity contribution is 5.65. The summed E-state index contributed by atoms with van der Waals surface area (Å²) in [6.45, 7) is 2.15. The minimum atomic E-state index is -4.88. The zero-order chi connectivity index (χ0) is 24.7. The molecule has 0 bridgehead atoms. The number of aryl methyl sites for hydroxylation is 1. The van der Waals surface area contributed by atoms with Crippen molar-refractivity contribution in [2.75, 3.05) is 0 Å². The van der Waals surface area contributed by atoms with Gasteiger partial charge < -0.3 is 0 Å². The number of hydrogen-bond acceptors (Lipinski definition) is 2. The molecular formula is C26H22F6N2. The fourth-order valence-electron chi connectivity index (χ4n) is 3.45. The first-order chi connectivity index (χ1) is 16.2. The molecule has 0 atom stereocenters. The summed E-state index contributed by atoms with van der Waals surface area (Å²) in [5.41, 5.74) is 0.485. The number of unbranched alkanes of at least 4 members (excludes halogenated alkanes) is 4. The van der Waals surface area contributed by atoms with Gasteiger partial charge in [0.2, 0.25) is 0 Å². The zero-order valence-corrected chi connectivity index (χ0v) is 18.4. The second-order valence-corrected chi connectivity index (χ2v) is 7.84. The molecule has 2 nitrogen and oxygen atoms in total. The molecular weight excluding hydrogens is 454 g/mol. The van der Waals surface area contributed by atoms with Gasteiger partial charge in [-0.05, 0) is 36.6 Å².